The first-order chi connectivity index (χ1) is 11.2. The van der Waals surface area contributed by atoms with Gasteiger partial charge in [0.1, 0.15) is 0 Å². The predicted octanol–water partition coefficient (Wildman–Crippen LogP) is 1.93. The minimum Gasteiger partial charge on any atom is -0.354 e. The highest BCUT2D eigenvalue weighted by molar-refractivity contribution is 5.79. The molecule has 2 N–H and O–H groups in total. The van der Waals surface area contributed by atoms with Gasteiger partial charge in [0.2, 0.25) is 5.91 Å². The fourth-order valence-corrected chi connectivity index (χ4v) is 3.47. The largest absolute Gasteiger partial charge is 0.354 e. The summed E-state index contributed by atoms with van der Waals surface area (Å²) in [5, 5.41) is 5.90. The zero-order valence-electron chi connectivity index (χ0n) is 13.5. The summed E-state index contributed by atoms with van der Waals surface area (Å²) >= 11 is 0. The zero-order valence-corrected chi connectivity index (χ0v) is 13.5. The first-order valence-corrected chi connectivity index (χ1v) is 8.50. The average molecular weight is 315 g/mol. The van der Waals surface area contributed by atoms with Crippen molar-refractivity contribution in [2.75, 3.05) is 26.2 Å². The van der Waals surface area contributed by atoms with Gasteiger partial charge in [0.15, 0.2) is 0 Å². The minimum atomic E-state index is -0.0409. The monoisotopic (exact) mass is 315 g/mol. The van der Waals surface area contributed by atoms with Gasteiger partial charge in [-0.2, -0.15) is 0 Å². The summed E-state index contributed by atoms with van der Waals surface area (Å²) in [6, 6.07) is 10.5. The Balaban J connectivity index is 1.53. The number of carbonyl (C=O) groups is 2. The Morgan fingerprint density at radius 3 is 2.70 bits per heavy atom. The van der Waals surface area contributed by atoms with Crippen LogP contribution >= 0.6 is 0 Å². The topological polar surface area (TPSA) is 61.4 Å². The number of amides is 3. The molecule has 1 saturated heterocycles. The number of urea groups is 1. The summed E-state index contributed by atoms with van der Waals surface area (Å²) in [4.78, 5) is 25.5. The number of carbonyl (C=O) groups excluding carboxylic acids is 2. The van der Waals surface area contributed by atoms with Crippen LogP contribution in [-0.4, -0.2) is 43.0 Å². The lowest BCUT2D eigenvalue weighted by Crippen LogP contribution is -2.48. The van der Waals surface area contributed by atoms with E-state index < -0.39 is 0 Å². The smallest absolute Gasteiger partial charge is 0.317 e. The molecule has 1 aromatic rings. The Bertz CT molecular complexity index is 555. The van der Waals surface area contributed by atoms with E-state index in [1.54, 1.807) is 4.90 Å². The molecule has 0 atom stereocenters. The van der Waals surface area contributed by atoms with Gasteiger partial charge in [-0.25, -0.2) is 4.79 Å². The Kier molecular flexibility index (Phi) is 4.84. The Morgan fingerprint density at radius 2 is 2.00 bits per heavy atom. The molecule has 0 aromatic heterocycles. The Hall–Kier alpha value is -2.04. The van der Waals surface area contributed by atoms with E-state index in [2.05, 4.69) is 34.9 Å². The Labute approximate surface area is 137 Å². The molecule has 0 bridgehead atoms. The molecule has 5 nitrogen and oxygen atoms in total. The summed E-state index contributed by atoms with van der Waals surface area (Å²) in [5.74, 6) is 0.0276. The molecule has 1 aliphatic carbocycles. The van der Waals surface area contributed by atoms with Gasteiger partial charge in [-0.3, -0.25) is 4.79 Å². The van der Waals surface area contributed by atoms with Crippen molar-refractivity contribution in [1.82, 2.24) is 15.5 Å². The first-order valence-electron chi connectivity index (χ1n) is 8.50. The molecule has 2 fully saturated rings. The third-order valence-electron chi connectivity index (χ3n) is 5.05. The SMILES string of the molecule is O=C1CCN(C(=O)NCC2(Cc3ccccc3)CCC2)CCN1. The van der Waals surface area contributed by atoms with Gasteiger partial charge < -0.3 is 15.5 Å². The third kappa shape index (κ3) is 4.03. The molecule has 0 unspecified atom stereocenters. The van der Waals surface area contributed by atoms with Gasteiger partial charge in [-0.1, -0.05) is 36.8 Å². The Morgan fingerprint density at radius 1 is 1.22 bits per heavy atom. The van der Waals surface area contributed by atoms with E-state index in [1.807, 2.05) is 6.07 Å². The minimum absolute atomic E-state index is 0.0276. The summed E-state index contributed by atoms with van der Waals surface area (Å²) in [6.45, 7) is 2.35. The lowest BCUT2D eigenvalue weighted by atomic mass is 9.65. The first kappa shape index (κ1) is 15.8. The van der Waals surface area contributed by atoms with Crippen LogP contribution in [-0.2, 0) is 11.2 Å². The molecular weight excluding hydrogens is 290 g/mol. The molecule has 0 radical (unpaired) electrons. The van der Waals surface area contributed by atoms with Gasteiger partial charge in [0.25, 0.3) is 0 Å². The maximum absolute atomic E-state index is 12.4. The predicted molar refractivity (Wildman–Crippen MR) is 89.0 cm³/mol. The van der Waals surface area contributed by atoms with Crippen LogP contribution in [0.15, 0.2) is 30.3 Å². The maximum atomic E-state index is 12.4. The van der Waals surface area contributed by atoms with Crippen LogP contribution < -0.4 is 10.6 Å². The number of rotatable bonds is 4. The number of nitrogens with zero attached hydrogens (tertiary/aromatic N) is 1. The van der Waals surface area contributed by atoms with Crippen molar-refractivity contribution in [1.29, 1.82) is 0 Å². The molecule has 5 heteroatoms. The third-order valence-corrected chi connectivity index (χ3v) is 5.05. The van der Waals surface area contributed by atoms with Crippen LogP contribution in [0, 0.1) is 5.41 Å². The van der Waals surface area contributed by atoms with Crippen molar-refractivity contribution in [3.63, 3.8) is 0 Å². The molecule has 1 heterocycles. The van der Waals surface area contributed by atoms with E-state index in [0.29, 0.717) is 26.1 Å². The summed E-state index contributed by atoms with van der Waals surface area (Å²) in [6.07, 6.45) is 4.99. The van der Waals surface area contributed by atoms with E-state index in [9.17, 15) is 9.59 Å². The van der Waals surface area contributed by atoms with E-state index in [-0.39, 0.29) is 17.4 Å². The van der Waals surface area contributed by atoms with E-state index in [1.165, 1.54) is 24.8 Å². The highest BCUT2D eigenvalue weighted by atomic mass is 16.2. The summed E-state index contributed by atoms with van der Waals surface area (Å²) < 4.78 is 0. The van der Waals surface area contributed by atoms with E-state index in [0.717, 1.165) is 13.0 Å². The van der Waals surface area contributed by atoms with Crippen LogP contribution in [0.3, 0.4) is 0 Å². The van der Waals surface area contributed by atoms with Crippen molar-refractivity contribution in [2.45, 2.75) is 32.1 Å². The van der Waals surface area contributed by atoms with Crippen LogP contribution in [0.2, 0.25) is 0 Å². The zero-order chi connectivity index (χ0) is 16.1. The quantitative estimate of drug-likeness (QED) is 0.892. The van der Waals surface area contributed by atoms with Crippen molar-refractivity contribution >= 4 is 11.9 Å². The van der Waals surface area contributed by atoms with Crippen LogP contribution in [0.5, 0.6) is 0 Å². The van der Waals surface area contributed by atoms with E-state index in [4.69, 9.17) is 0 Å². The van der Waals surface area contributed by atoms with Gasteiger partial charge in [-0.05, 0) is 30.2 Å². The average Bonchev–Trinajstić information content (AvgIpc) is 2.75. The van der Waals surface area contributed by atoms with Crippen LogP contribution in [0.25, 0.3) is 0 Å². The molecule has 3 amide bonds. The summed E-state index contributed by atoms with van der Waals surface area (Å²) in [7, 11) is 0. The molecule has 2 aliphatic rings. The van der Waals surface area contributed by atoms with E-state index >= 15 is 0 Å². The second-order valence-corrected chi connectivity index (χ2v) is 6.76. The van der Waals surface area contributed by atoms with Crippen LogP contribution in [0.1, 0.15) is 31.2 Å². The second-order valence-electron chi connectivity index (χ2n) is 6.76. The lowest BCUT2D eigenvalue weighted by molar-refractivity contribution is -0.120. The highest BCUT2D eigenvalue weighted by Gasteiger charge is 2.37. The molecule has 3 rings (SSSR count). The number of benzene rings is 1. The molecule has 1 aliphatic heterocycles. The van der Waals surface area contributed by atoms with Crippen molar-refractivity contribution in [3.8, 4) is 0 Å². The molecule has 23 heavy (non-hydrogen) atoms. The molecular formula is C18H25N3O2. The van der Waals surface area contributed by atoms with Gasteiger partial charge >= 0.3 is 6.03 Å². The summed E-state index contributed by atoms with van der Waals surface area (Å²) in [5.41, 5.74) is 1.54. The lowest BCUT2D eigenvalue weighted by Gasteiger charge is -2.42. The second kappa shape index (κ2) is 7.02. The van der Waals surface area contributed by atoms with Gasteiger partial charge in [0, 0.05) is 32.6 Å². The maximum Gasteiger partial charge on any atom is 0.317 e. The van der Waals surface area contributed by atoms with Gasteiger partial charge in [-0.15, -0.1) is 0 Å². The van der Waals surface area contributed by atoms with Crippen molar-refractivity contribution < 1.29 is 9.59 Å². The van der Waals surface area contributed by atoms with Gasteiger partial charge in [0.05, 0.1) is 0 Å². The molecule has 124 valence electrons. The number of nitrogens with one attached hydrogen (secondary N) is 2. The molecule has 0 spiro atoms. The fourth-order valence-electron chi connectivity index (χ4n) is 3.47. The molecule has 1 saturated carbocycles. The standard InChI is InChI=1S/C18H25N3O2/c22-16-7-11-21(12-10-19-16)17(23)20-14-18(8-4-9-18)13-15-5-2-1-3-6-15/h1-3,5-6H,4,7-14H2,(H,19,22)(H,20,23). The van der Waals surface area contributed by atoms with Crippen LogP contribution in [0.4, 0.5) is 4.79 Å². The fraction of sp³-hybridized carbons (Fsp3) is 0.556. The number of hydrogen-bond donors (Lipinski definition) is 2. The normalized spacial score (nSPS) is 20.2. The number of hydrogen-bond acceptors (Lipinski definition) is 2. The van der Waals surface area contributed by atoms with Crippen molar-refractivity contribution in [2.24, 2.45) is 5.41 Å². The highest BCUT2D eigenvalue weighted by Crippen LogP contribution is 2.43. The molecule has 1 aromatic carbocycles. The van der Waals surface area contributed by atoms with Crippen molar-refractivity contribution in [3.05, 3.63) is 35.9 Å².